The van der Waals surface area contributed by atoms with Gasteiger partial charge in [0.25, 0.3) is 0 Å². The molecule has 4 heteroatoms. The lowest BCUT2D eigenvalue weighted by atomic mass is 10.0. The van der Waals surface area contributed by atoms with Gasteiger partial charge in [-0.3, -0.25) is 4.90 Å². The molecule has 3 atom stereocenters. The lowest BCUT2D eigenvalue weighted by Crippen LogP contribution is -2.38. The highest BCUT2D eigenvalue weighted by Gasteiger charge is 2.54. The standard InChI is InChI=1S/C11H13NO3/c1-2-6-7-4-3-5-12-8(7)10(9(6)13)15-11(12)14/h2,4,8-10,13H,3,5H2,1H3/b6-2-/t8-,9-,10?/m0/s1. The molecule has 0 aromatic carbocycles. The SMILES string of the molecule is C/C=C1/C2=CCCN3C(=O)OC([C@H]1O)[C@H]23. The minimum absolute atomic E-state index is 0.0487. The lowest BCUT2D eigenvalue weighted by molar-refractivity contribution is 0.0581. The minimum Gasteiger partial charge on any atom is -0.440 e. The van der Waals surface area contributed by atoms with E-state index in [1.807, 2.05) is 13.0 Å². The summed E-state index contributed by atoms with van der Waals surface area (Å²) in [5.74, 6) is 0. The van der Waals surface area contributed by atoms with E-state index in [4.69, 9.17) is 4.74 Å². The zero-order chi connectivity index (χ0) is 10.6. The first-order chi connectivity index (χ1) is 7.24. The fraction of sp³-hybridized carbons (Fsp3) is 0.545. The number of amides is 1. The number of ether oxygens (including phenoxy) is 1. The summed E-state index contributed by atoms with van der Waals surface area (Å²) in [5.41, 5.74) is 1.99. The van der Waals surface area contributed by atoms with Gasteiger partial charge in [0, 0.05) is 6.54 Å². The molecule has 2 heterocycles. The molecule has 1 amide bonds. The number of carbonyl (C=O) groups is 1. The maximum Gasteiger partial charge on any atom is 0.410 e. The van der Waals surface area contributed by atoms with Gasteiger partial charge < -0.3 is 9.84 Å². The van der Waals surface area contributed by atoms with E-state index < -0.39 is 12.2 Å². The van der Waals surface area contributed by atoms with Gasteiger partial charge >= 0.3 is 6.09 Å². The number of rotatable bonds is 0. The second-order valence-corrected chi connectivity index (χ2v) is 4.12. The maximum absolute atomic E-state index is 11.5. The van der Waals surface area contributed by atoms with E-state index in [0.717, 1.165) is 17.6 Å². The fourth-order valence-electron chi connectivity index (χ4n) is 2.81. The van der Waals surface area contributed by atoms with Crippen molar-refractivity contribution in [3.63, 3.8) is 0 Å². The molecule has 1 saturated carbocycles. The van der Waals surface area contributed by atoms with Crippen LogP contribution in [0.3, 0.4) is 0 Å². The quantitative estimate of drug-likeness (QED) is 0.640. The Morgan fingerprint density at radius 3 is 3.20 bits per heavy atom. The Balaban J connectivity index is 2.10. The number of nitrogens with zero attached hydrogens (tertiary/aromatic N) is 1. The average Bonchev–Trinajstić information content (AvgIpc) is 2.70. The van der Waals surface area contributed by atoms with Gasteiger partial charge in [0.1, 0.15) is 12.1 Å². The van der Waals surface area contributed by atoms with E-state index in [0.29, 0.717) is 6.54 Å². The number of allylic oxidation sites excluding steroid dienone is 1. The number of hydrogen-bond acceptors (Lipinski definition) is 3. The first kappa shape index (κ1) is 8.97. The molecule has 1 unspecified atom stereocenters. The largest absolute Gasteiger partial charge is 0.440 e. The summed E-state index contributed by atoms with van der Waals surface area (Å²) in [6.45, 7) is 2.61. The van der Waals surface area contributed by atoms with E-state index in [-0.39, 0.29) is 12.1 Å². The summed E-state index contributed by atoms with van der Waals surface area (Å²) in [5, 5.41) is 10.0. The Hall–Kier alpha value is -1.29. The third-order valence-electron chi connectivity index (χ3n) is 3.45. The van der Waals surface area contributed by atoms with Gasteiger partial charge in [0.2, 0.25) is 0 Å². The molecule has 3 aliphatic rings. The first-order valence-corrected chi connectivity index (χ1v) is 5.26. The van der Waals surface area contributed by atoms with Crippen molar-refractivity contribution in [2.75, 3.05) is 6.54 Å². The van der Waals surface area contributed by atoms with Gasteiger partial charge in [-0.15, -0.1) is 0 Å². The number of aliphatic hydroxyl groups excluding tert-OH is 1. The van der Waals surface area contributed by atoms with Crippen molar-refractivity contribution >= 4 is 6.09 Å². The molecule has 1 N–H and O–H groups in total. The molecule has 2 fully saturated rings. The Kier molecular flexibility index (Phi) is 1.71. The van der Waals surface area contributed by atoms with Crippen LogP contribution in [0.4, 0.5) is 4.79 Å². The van der Waals surface area contributed by atoms with Gasteiger partial charge in [0.15, 0.2) is 6.10 Å². The van der Waals surface area contributed by atoms with E-state index in [9.17, 15) is 9.90 Å². The van der Waals surface area contributed by atoms with Crippen LogP contribution in [0.1, 0.15) is 13.3 Å². The highest BCUT2D eigenvalue weighted by Crippen LogP contribution is 2.43. The molecule has 2 aliphatic heterocycles. The molecule has 0 aromatic rings. The average molecular weight is 207 g/mol. The summed E-state index contributed by atoms with van der Waals surface area (Å²) >= 11 is 0. The van der Waals surface area contributed by atoms with Gasteiger partial charge in [-0.2, -0.15) is 0 Å². The van der Waals surface area contributed by atoms with Crippen molar-refractivity contribution in [3.05, 3.63) is 23.3 Å². The van der Waals surface area contributed by atoms with Crippen LogP contribution in [0.15, 0.2) is 23.3 Å². The van der Waals surface area contributed by atoms with E-state index in [1.165, 1.54) is 0 Å². The molecule has 0 bridgehead atoms. The highest BCUT2D eigenvalue weighted by molar-refractivity contribution is 5.74. The predicted molar refractivity (Wildman–Crippen MR) is 53.2 cm³/mol. The van der Waals surface area contributed by atoms with Crippen molar-refractivity contribution in [3.8, 4) is 0 Å². The molecule has 0 spiro atoms. The smallest absolute Gasteiger partial charge is 0.410 e. The highest BCUT2D eigenvalue weighted by atomic mass is 16.6. The number of hydrogen-bond donors (Lipinski definition) is 1. The van der Waals surface area contributed by atoms with Crippen LogP contribution in [-0.2, 0) is 4.74 Å². The molecular formula is C11H13NO3. The topological polar surface area (TPSA) is 49.8 Å². The summed E-state index contributed by atoms with van der Waals surface area (Å²) < 4.78 is 5.20. The third-order valence-corrected chi connectivity index (χ3v) is 3.45. The normalized spacial score (nSPS) is 40.5. The zero-order valence-electron chi connectivity index (χ0n) is 8.51. The molecular weight excluding hydrogens is 194 g/mol. The van der Waals surface area contributed by atoms with Gasteiger partial charge in [0.05, 0.1) is 0 Å². The second-order valence-electron chi connectivity index (χ2n) is 4.12. The van der Waals surface area contributed by atoms with Crippen LogP contribution in [0.5, 0.6) is 0 Å². The predicted octanol–water partition coefficient (Wildman–Crippen LogP) is 0.827. The molecule has 1 aliphatic carbocycles. The van der Waals surface area contributed by atoms with Crippen LogP contribution >= 0.6 is 0 Å². The summed E-state index contributed by atoms with van der Waals surface area (Å²) in [6.07, 6.45) is 3.53. The third kappa shape index (κ3) is 0.973. The molecule has 1 saturated heterocycles. The number of carbonyl (C=O) groups excluding carboxylic acids is 1. The summed E-state index contributed by atoms with van der Waals surface area (Å²) in [4.78, 5) is 13.2. The summed E-state index contributed by atoms with van der Waals surface area (Å²) in [7, 11) is 0. The van der Waals surface area contributed by atoms with E-state index in [2.05, 4.69) is 6.08 Å². The molecule has 0 aromatic heterocycles. The Bertz CT molecular complexity index is 385. The van der Waals surface area contributed by atoms with Crippen LogP contribution in [0.25, 0.3) is 0 Å². The first-order valence-electron chi connectivity index (χ1n) is 5.26. The van der Waals surface area contributed by atoms with Gasteiger partial charge in [-0.1, -0.05) is 12.2 Å². The fourth-order valence-corrected chi connectivity index (χ4v) is 2.81. The van der Waals surface area contributed by atoms with Crippen LogP contribution < -0.4 is 0 Å². The monoisotopic (exact) mass is 207 g/mol. The lowest BCUT2D eigenvalue weighted by Gasteiger charge is -2.25. The zero-order valence-corrected chi connectivity index (χ0v) is 8.51. The minimum atomic E-state index is -0.654. The Morgan fingerprint density at radius 2 is 2.47 bits per heavy atom. The molecule has 3 rings (SSSR count). The van der Waals surface area contributed by atoms with Crippen molar-refractivity contribution < 1.29 is 14.6 Å². The number of aliphatic hydroxyl groups is 1. The van der Waals surface area contributed by atoms with Crippen LogP contribution in [-0.4, -0.2) is 40.9 Å². The van der Waals surface area contributed by atoms with E-state index >= 15 is 0 Å². The molecule has 80 valence electrons. The van der Waals surface area contributed by atoms with Crippen LogP contribution in [0.2, 0.25) is 0 Å². The molecule has 15 heavy (non-hydrogen) atoms. The Labute approximate surface area is 87.8 Å². The van der Waals surface area contributed by atoms with Crippen LogP contribution in [0, 0.1) is 0 Å². The second kappa shape index (κ2) is 2.85. The van der Waals surface area contributed by atoms with Crippen molar-refractivity contribution in [2.45, 2.75) is 31.6 Å². The summed E-state index contributed by atoms with van der Waals surface area (Å²) in [6, 6.07) is -0.0487. The van der Waals surface area contributed by atoms with Gasteiger partial charge in [-0.05, 0) is 24.5 Å². The van der Waals surface area contributed by atoms with Crippen molar-refractivity contribution in [1.29, 1.82) is 0 Å². The van der Waals surface area contributed by atoms with Gasteiger partial charge in [-0.25, -0.2) is 4.79 Å². The Morgan fingerprint density at radius 1 is 1.67 bits per heavy atom. The maximum atomic E-state index is 11.5. The molecule has 0 radical (unpaired) electrons. The molecule has 4 nitrogen and oxygen atoms in total. The van der Waals surface area contributed by atoms with E-state index in [1.54, 1.807) is 4.90 Å². The van der Waals surface area contributed by atoms with Crippen molar-refractivity contribution in [2.24, 2.45) is 0 Å². The van der Waals surface area contributed by atoms with Crippen molar-refractivity contribution in [1.82, 2.24) is 4.90 Å².